The van der Waals surface area contributed by atoms with E-state index in [1.807, 2.05) is 0 Å². The Bertz CT molecular complexity index is 554. The van der Waals surface area contributed by atoms with E-state index in [2.05, 4.69) is 5.10 Å². The molecule has 0 aliphatic carbocycles. The predicted molar refractivity (Wildman–Crippen MR) is 62.9 cm³/mol. The van der Waals surface area contributed by atoms with Crippen LogP contribution in [0.4, 0.5) is 10.1 Å². The van der Waals surface area contributed by atoms with Crippen molar-refractivity contribution in [3.8, 4) is 0 Å². The number of hydrogen-bond donors (Lipinski definition) is 1. The van der Waals surface area contributed by atoms with Crippen LogP contribution >= 0.6 is 0 Å². The van der Waals surface area contributed by atoms with Crippen LogP contribution in [0.2, 0.25) is 0 Å². The number of anilines is 1. The fourth-order valence-corrected chi connectivity index (χ4v) is 1.75. The first-order valence-corrected chi connectivity index (χ1v) is 5.39. The molecule has 1 aromatic carbocycles. The lowest BCUT2D eigenvalue weighted by molar-refractivity contribution is -0.129. The second-order valence-electron chi connectivity index (χ2n) is 3.99. The van der Waals surface area contributed by atoms with Crippen LogP contribution in [-0.2, 0) is 9.59 Å². The largest absolute Gasteiger partial charge is 0.477 e. The van der Waals surface area contributed by atoms with Crippen molar-refractivity contribution in [2.45, 2.75) is 19.8 Å². The van der Waals surface area contributed by atoms with Gasteiger partial charge in [-0.15, -0.1) is 0 Å². The summed E-state index contributed by atoms with van der Waals surface area (Å²) in [5.41, 5.74) is 0.858. The van der Waals surface area contributed by atoms with Crippen molar-refractivity contribution in [1.29, 1.82) is 0 Å². The number of amides is 1. The summed E-state index contributed by atoms with van der Waals surface area (Å²) >= 11 is 0. The van der Waals surface area contributed by atoms with Crippen molar-refractivity contribution < 1.29 is 19.1 Å². The molecule has 0 atom stereocenters. The lowest BCUT2D eigenvalue weighted by Crippen LogP contribution is -2.34. The maximum atomic E-state index is 13.0. The number of carbonyl (C=O) groups excluding carboxylic acids is 1. The monoisotopic (exact) mass is 250 g/mol. The fraction of sp³-hybridized carbons (Fsp3) is 0.250. The molecule has 0 bridgehead atoms. The van der Waals surface area contributed by atoms with Crippen molar-refractivity contribution >= 4 is 23.3 Å². The quantitative estimate of drug-likeness (QED) is 0.868. The Hall–Kier alpha value is -2.24. The third-order valence-corrected chi connectivity index (χ3v) is 2.67. The second-order valence-corrected chi connectivity index (χ2v) is 3.99. The number of carbonyl (C=O) groups is 2. The Morgan fingerprint density at radius 2 is 2.17 bits per heavy atom. The standard InChI is InChI=1S/C12H11FN2O3/c1-7-6-8(13)2-4-10(7)15-11(16)5-3-9(14-15)12(17)18/h2,4,6H,3,5H2,1H3,(H,17,18). The Balaban J connectivity index is 2.44. The number of carboxylic acids is 1. The highest BCUT2D eigenvalue weighted by Gasteiger charge is 2.26. The first-order chi connectivity index (χ1) is 8.49. The van der Waals surface area contributed by atoms with Gasteiger partial charge in [0.25, 0.3) is 0 Å². The number of rotatable bonds is 2. The highest BCUT2D eigenvalue weighted by Crippen LogP contribution is 2.24. The van der Waals surface area contributed by atoms with E-state index in [9.17, 15) is 14.0 Å². The van der Waals surface area contributed by atoms with Crippen molar-refractivity contribution in [3.05, 3.63) is 29.6 Å². The summed E-state index contributed by atoms with van der Waals surface area (Å²) in [5.74, 6) is -1.86. The minimum atomic E-state index is -1.15. The molecule has 0 unspecified atom stereocenters. The molecule has 0 saturated carbocycles. The van der Waals surface area contributed by atoms with Crippen molar-refractivity contribution in [2.75, 3.05) is 5.01 Å². The minimum Gasteiger partial charge on any atom is -0.477 e. The van der Waals surface area contributed by atoms with E-state index >= 15 is 0 Å². The van der Waals surface area contributed by atoms with Gasteiger partial charge in [-0.05, 0) is 30.7 Å². The number of carboxylic acid groups (broad SMARTS) is 1. The van der Waals surface area contributed by atoms with Gasteiger partial charge in [-0.25, -0.2) is 9.18 Å². The van der Waals surface area contributed by atoms with Crippen LogP contribution in [0.1, 0.15) is 18.4 Å². The molecule has 1 aliphatic heterocycles. The normalized spacial score (nSPS) is 15.6. The Kier molecular flexibility index (Phi) is 3.10. The van der Waals surface area contributed by atoms with Gasteiger partial charge in [0.15, 0.2) is 0 Å². The number of benzene rings is 1. The lowest BCUT2D eigenvalue weighted by Gasteiger charge is -2.23. The molecular formula is C12H11FN2O3. The molecule has 1 aromatic rings. The van der Waals surface area contributed by atoms with Gasteiger partial charge < -0.3 is 5.11 Å². The Labute approximate surface area is 103 Å². The number of halogens is 1. The molecule has 6 heteroatoms. The van der Waals surface area contributed by atoms with Crippen LogP contribution in [0, 0.1) is 12.7 Å². The summed E-state index contributed by atoms with van der Waals surface area (Å²) in [4.78, 5) is 22.6. The zero-order valence-electron chi connectivity index (χ0n) is 9.68. The highest BCUT2D eigenvalue weighted by molar-refractivity contribution is 6.37. The maximum Gasteiger partial charge on any atom is 0.352 e. The number of hydrazone groups is 1. The smallest absolute Gasteiger partial charge is 0.352 e. The second kappa shape index (κ2) is 4.56. The average molecular weight is 250 g/mol. The molecule has 18 heavy (non-hydrogen) atoms. The molecule has 0 saturated heterocycles. The van der Waals surface area contributed by atoms with E-state index in [1.165, 1.54) is 18.2 Å². The van der Waals surface area contributed by atoms with E-state index in [4.69, 9.17) is 5.11 Å². The molecular weight excluding hydrogens is 239 g/mol. The van der Waals surface area contributed by atoms with Crippen LogP contribution in [0.5, 0.6) is 0 Å². The van der Waals surface area contributed by atoms with Crippen LogP contribution in [0.3, 0.4) is 0 Å². The van der Waals surface area contributed by atoms with Gasteiger partial charge in [-0.2, -0.15) is 10.1 Å². The number of aryl methyl sites for hydroxylation is 1. The molecule has 5 nitrogen and oxygen atoms in total. The van der Waals surface area contributed by atoms with Gasteiger partial charge >= 0.3 is 5.97 Å². The lowest BCUT2D eigenvalue weighted by atomic mass is 10.1. The summed E-state index contributed by atoms with van der Waals surface area (Å²) in [7, 11) is 0. The van der Waals surface area contributed by atoms with Crippen LogP contribution in [0.15, 0.2) is 23.3 Å². The number of nitrogens with zero attached hydrogens (tertiary/aromatic N) is 2. The first kappa shape index (κ1) is 12.2. The van der Waals surface area contributed by atoms with E-state index in [1.54, 1.807) is 6.92 Å². The summed E-state index contributed by atoms with van der Waals surface area (Å²) in [6.07, 6.45) is 0.201. The minimum absolute atomic E-state index is 0.0710. The van der Waals surface area contributed by atoms with Gasteiger partial charge in [0.1, 0.15) is 11.5 Å². The Morgan fingerprint density at radius 1 is 1.44 bits per heavy atom. The summed E-state index contributed by atoms with van der Waals surface area (Å²) < 4.78 is 13.0. The summed E-state index contributed by atoms with van der Waals surface area (Å²) in [6, 6.07) is 3.89. The summed E-state index contributed by atoms with van der Waals surface area (Å²) in [5, 5.41) is 13.7. The van der Waals surface area contributed by atoms with Gasteiger partial charge in [0, 0.05) is 12.8 Å². The molecule has 94 valence electrons. The van der Waals surface area contributed by atoms with Gasteiger partial charge in [-0.1, -0.05) is 0 Å². The van der Waals surface area contributed by atoms with E-state index < -0.39 is 11.8 Å². The molecule has 1 N–H and O–H groups in total. The van der Waals surface area contributed by atoms with Crippen molar-refractivity contribution in [2.24, 2.45) is 5.10 Å². The zero-order valence-corrected chi connectivity index (χ0v) is 9.68. The van der Waals surface area contributed by atoms with Gasteiger partial charge in [0.05, 0.1) is 5.69 Å². The highest BCUT2D eigenvalue weighted by atomic mass is 19.1. The average Bonchev–Trinajstić information content (AvgIpc) is 2.30. The number of aliphatic carboxylic acids is 1. The molecule has 0 fully saturated rings. The molecule has 2 rings (SSSR count). The first-order valence-electron chi connectivity index (χ1n) is 5.39. The molecule has 0 radical (unpaired) electrons. The molecule has 1 heterocycles. The van der Waals surface area contributed by atoms with Crippen LogP contribution in [-0.4, -0.2) is 22.7 Å². The molecule has 1 amide bonds. The van der Waals surface area contributed by atoms with E-state index in [0.29, 0.717) is 11.3 Å². The third kappa shape index (κ3) is 2.22. The van der Waals surface area contributed by atoms with Gasteiger partial charge in [0.2, 0.25) is 5.91 Å². The zero-order chi connectivity index (χ0) is 13.3. The van der Waals surface area contributed by atoms with Gasteiger partial charge in [-0.3, -0.25) is 4.79 Å². The molecule has 1 aliphatic rings. The third-order valence-electron chi connectivity index (χ3n) is 2.67. The Morgan fingerprint density at radius 3 is 2.78 bits per heavy atom. The maximum absolute atomic E-state index is 13.0. The van der Waals surface area contributed by atoms with Crippen LogP contribution in [0.25, 0.3) is 0 Å². The van der Waals surface area contributed by atoms with E-state index in [0.717, 1.165) is 5.01 Å². The molecule has 0 aromatic heterocycles. The van der Waals surface area contributed by atoms with Crippen molar-refractivity contribution in [3.63, 3.8) is 0 Å². The van der Waals surface area contributed by atoms with E-state index in [-0.39, 0.29) is 24.5 Å². The molecule has 0 spiro atoms. The topological polar surface area (TPSA) is 70.0 Å². The van der Waals surface area contributed by atoms with Crippen LogP contribution < -0.4 is 5.01 Å². The fourth-order valence-electron chi connectivity index (χ4n) is 1.75. The van der Waals surface area contributed by atoms with Crippen molar-refractivity contribution in [1.82, 2.24) is 0 Å². The summed E-state index contributed by atoms with van der Waals surface area (Å²) in [6.45, 7) is 1.64. The SMILES string of the molecule is Cc1cc(F)ccc1N1N=C(C(=O)O)CCC1=O. The number of hydrogen-bond acceptors (Lipinski definition) is 3. The predicted octanol–water partition coefficient (Wildman–Crippen LogP) is 1.70.